The van der Waals surface area contributed by atoms with Gasteiger partial charge < -0.3 is 4.74 Å². The molecule has 1 aromatic carbocycles. The van der Waals surface area contributed by atoms with E-state index < -0.39 is 23.3 Å². The first kappa shape index (κ1) is 15.6. The third kappa shape index (κ3) is 4.59. The molecule has 1 rings (SSSR count). The van der Waals surface area contributed by atoms with Gasteiger partial charge in [0.05, 0.1) is 17.9 Å². The first-order chi connectivity index (χ1) is 8.88. The number of thioether (sulfide) groups is 1. The van der Waals surface area contributed by atoms with Crippen molar-refractivity contribution in [2.24, 2.45) is 0 Å². The van der Waals surface area contributed by atoms with Crippen molar-refractivity contribution in [1.82, 2.24) is 0 Å². The Hall–Kier alpha value is -1.50. The minimum atomic E-state index is -4.60. The Labute approximate surface area is 112 Å². The third-order valence-electron chi connectivity index (χ3n) is 2.12. The molecule has 0 N–H and O–H groups in total. The second kappa shape index (κ2) is 6.60. The maximum Gasteiger partial charge on any atom is 0.417 e. The Kier molecular flexibility index (Phi) is 5.41. The van der Waals surface area contributed by atoms with Crippen LogP contribution in [-0.2, 0) is 15.7 Å². The van der Waals surface area contributed by atoms with E-state index >= 15 is 0 Å². The molecule has 0 radical (unpaired) electrons. The molecule has 1 aromatic rings. The fourth-order valence-electron chi connectivity index (χ4n) is 1.32. The number of halogens is 3. The van der Waals surface area contributed by atoms with E-state index in [1.165, 1.54) is 6.07 Å². The van der Waals surface area contributed by atoms with Crippen LogP contribution in [0, 0.1) is 0 Å². The zero-order valence-electron chi connectivity index (χ0n) is 9.99. The fraction of sp³-hybridized carbons (Fsp3) is 0.333. The largest absolute Gasteiger partial charge is 0.465 e. The fourth-order valence-corrected chi connectivity index (χ4v) is 2.05. The van der Waals surface area contributed by atoms with E-state index in [4.69, 9.17) is 0 Å². The summed E-state index contributed by atoms with van der Waals surface area (Å²) in [5, 5.41) is 0. The van der Waals surface area contributed by atoms with Crippen molar-refractivity contribution in [2.75, 3.05) is 12.4 Å². The number of aldehydes is 1. The Balaban J connectivity index is 2.87. The molecule has 0 saturated carbocycles. The summed E-state index contributed by atoms with van der Waals surface area (Å²) in [5.74, 6) is -0.577. The molecular formula is C12H11F3O3S. The van der Waals surface area contributed by atoms with Crippen LogP contribution < -0.4 is 0 Å². The summed E-state index contributed by atoms with van der Waals surface area (Å²) in [4.78, 5) is 21.9. The monoisotopic (exact) mass is 292 g/mol. The zero-order valence-corrected chi connectivity index (χ0v) is 10.8. The van der Waals surface area contributed by atoms with Crippen molar-refractivity contribution in [2.45, 2.75) is 18.0 Å². The SMILES string of the molecule is CCOC(=O)CSc1ccc(C=O)c(C(F)(F)F)c1. The van der Waals surface area contributed by atoms with Gasteiger partial charge in [-0.05, 0) is 25.1 Å². The smallest absolute Gasteiger partial charge is 0.417 e. The van der Waals surface area contributed by atoms with E-state index in [0.29, 0.717) is 0 Å². The highest BCUT2D eigenvalue weighted by Crippen LogP contribution is 2.34. The summed E-state index contributed by atoms with van der Waals surface area (Å²) >= 11 is 0.927. The van der Waals surface area contributed by atoms with Gasteiger partial charge in [-0.2, -0.15) is 13.2 Å². The molecule has 104 valence electrons. The summed E-state index contributed by atoms with van der Waals surface area (Å²) in [6.45, 7) is 1.86. The van der Waals surface area contributed by atoms with Crippen molar-refractivity contribution in [3.63, 3.8) is 0 Å². The lowest BCUT2D eigenvalue weighted by Gasteiger charge is -2.11. The first-order valence-electron chi connectivity index (χ1n) is 5.33. The number of rotatable bonds is 5. The number of hydrogen-bond acceptors (Lipinski definition) is 4. The Bertz CT molecular complexity index is 472. The molecular weight excluding hydrogens is 281 g/mol. The highest BCUT2D eigenvalue weighted by Gasteiger charge is 2.33. The number of carbonyl (C=O) groups is 2. The van der Waals surface area contributed by atoms with E-state index in [0.717, 1.165) is 23.9 Å². The van der Waals surface area contributed by atoms with Crippen LogP contribution >= 0.6 is 11.8 Å². The summed E-state index contributed by atoms with van der Waals surface area (Å²) in [6, 6.07) is 3.31. The molecule has 0 fully saturated rings. The lowest BCUT2D eigenvalue weighted by molar-refractivity contribution is -0.140. The number of hydrogen-bond donors (Lipinski definition) is 0. The van der Waals surface area contributed by atoms with Gasteiger partial charge in [-0.25, -0.2) is 0 Å². The molecule has 3 nitrogen and oxygen atoms in total. The maximum absolute atomic E-state index is 12.7. The maximum atomic E-state index is 12.7. The summed E-state index contributed by atoms with van der Waals surface area (Å²) < 4.78 is 42.7. The minimum absolute atomic E-state index is 0.0778. The summed E-state index contributed by atoms with van der Waals surface area (Å²) in [7, 11) is 0. The third-order valence-corrected chi connectivity index (χ3v) is 3.09. The van der Waals surface area contributed by atoms with Gasteiger partial charge in [-0.15, -0.1) is 11.8 Å². The molecule has 0 aliphatic heterocycles. The van der Waals surface area contributed by atoms with Crippen LogP contribution in [0.15, 0.2) is 23.1 Å². The van der Waals surface area contributed by atoms with Crippen molar-refractivity contribution in [3.8, 4) is 0 Å². The van der Waals surface area contributed by atoms with Crippen molar-refractivity contribution in [1.29, 1.82) is 0 Å². The van der Waals surface area contributed by atoms with Crippen LogP contribution in [0.25, 0.3) is 0 Å². The molecule has 0 atom stereocenters. The second-order valence-electron chi connectivity index (χ2n) is 3.46. The first-order valence-corrected chi connectivity index (χ1v) is 6.32. The Morgan fingerprint density at radius 3 is 2.63 bits per heavy atom. The van der Waals surface area contributed by atoms with Gasteiger partial charge in [0.15, 0.2) is 6.29 Å². The molecule has 0 unspecified atom stereocenters. The van der Waals surface area contributed by atoms with Gasteiger partial charge in [-0.3, -0.25) is 9.59 Å². The number of ether oxygens (including phenoxy) is 1. The topological polar surface area (TPSA) is 43.4 Å². The van der Waals surface area contributed by atoms with Crippen molar-refractivity contribution < 1.29 is 27.5 Å². The molecule has 0 amide bonds. The normalized spacial score (nSPS) is 11.2. The molecule has 0 bridgehead atoms. The van der Waals surface area contributed by atoms with Crippen LogP contribution in [0.5, 0.6) is 0 Å². The lowest BCUT2D eigenvalue weighted by Crippen LogP contribution is -2.09. The van der Waals surface area contributed by atoms with Crippen molar-refractivity contribution in [3.05, 3.63) is 29.3 Å². The molecule has 0 aliphatic rings. The predicted molar refractivity (Wildman–Crippen MR) is 64.2 cm³/mol. The Morgan fingerprint density at radius 2 is 2.11 bits per heavy atom. The van der Waals surface area contributed by atoms with Crippen LogP contribution in [0.4, 0.5) is 13.2 Å². The standard InChI is InChI=1S/C12H11F3O3S/c1-2-18-11(17)7-19-9-4-3-8(6-16)10(5-9)12(13,14)15/h3-6H,2,7H2,1H3. The van der Waals surface area contributed by atoms with E-state index in [1.54, 1.807) is 6.92 Å². The van der Waals surface area contributed by atoms with Gasteiger partial charge in [0.25, 0.3) is 0 Å². The van der Waals surface area contributed by atoms with E-state index in [-0.39, 0.29) is 23.5 Å². The highest BCUT2D eigenvalue weighted by molar-refractivity contribution is 8.00. The van der Waals surface area contributed by atoms with E-state index in [1.807, 2.05) is 0 Å². The van der Waals surface area contributed by atoms with Crippen LogP contribution in [0.2, 0.25) is 0 Å². The average Bonchev–Trinajstić information content (AvgIpc) is 2.35. The minimum Gasteiger partial charge on any atom is -0.465 e. The van der Waals surface area contributed by atoms with E-state index in [9.17, 15) is 22.8 Å². The van der Waals surface area contributed by atoms with Crippen LogP contribution in [0.1, 0.15) is 22.8 Å². The average molecular weight is 292 g/mol. The molecule has 0 aliphatic carbocycles. The van der Waals surface area contributed by atoms with Gasteiger partial charge in [-0.1, -0.05) is 0 Å². The Morgan fingerprint density at radius 1 is 1.42 bits per heavy atom. The molecule has 7 heteroatoms. The molecule has 0 heterocycles. The second-order valence-corrected chi connectivity index (χ2v) is 4.51. The summed E-state index contributed by atoms with van der Waals surface area (Å²) in [6.07, 6.45) is -4.45. The quantitative estimate of drug-likeness (QED) is 0.475. The highest BCUT2D eigenvalue weighted by atomic mass is 32.2. The number of esters is 1. The molecule has 0 spiro atoms. The molecule has 0 aromatic heterocycles. The molecule has 0 saturated heterocycles. The van der Waals surface area contributed by atoms with Gasteiger partial charge in [0, 0.05) is 10.5 Å². The van der Waals surface area contributed by atoms with Crippen LogP contribution in [-0.4, -0.2) is 24.6 Å². The van der Waals surface area contributed by atoms with Crippen molar-refractivity contribution >= 4 is 24.0 Å². The summed E-state index contributed by atoms with van der Waals surface area (Å²) in [5.41, 5.74) is -1.43. The van der Waals surface area contributed by atoms with Crippen LogP contribution in [0.3, 0.4) is 0 Å². The van der Waals surface area contributed by atoms with Gasteiger partial charge >= 0.3 is 12.1 Å². The predicted octanol–water partition coefficient (Wildman–Crippen LogP) is 3.17. The van der Waals surface area contributed by atoms with Gasteiger partial charge in [0.1, 0.15) is 0 Å². The zero-order chi connectivity index (χ0) is 14.5. The lowest BCUT2D eigenvalue weighted by atomic mass is 10.1. The number of carbonyl (C=O) groups excluding carboxylic acids is 2. The number of alkyl halides is 3. The van der Waals surface area contributed by atoms with E-state index in [2.05, 4.69) is 4.74 Å². The molecule has 19 heavy (non-hydrogen) atoms. The number of benzene rings is 1. The van der Waals surface area contributed by atoms with Gasteiger partial charge in [0.2, 0.25) is 0 Å².